The highest BCUT2D eigenvalue weighted by atomic mass is 16.5. The number of carbonyl (C=O) groups excluding carboxylic acids is 1. The lowest BCUT2D eigenvalue weighted by atomic mass is 10.2. The number of hydrogen-bond acceptors (Lipinski definition) is 3. The van der Waals surface area contributed by atoms with E-state index >= 15 is 0 Å². The average Bonchev–Trinajstić information content (AvgIpc) is 2.76. The molecule has 0 atom stereocenters. The number of anilines is 2. The molecule has 1 N–H and O–H groups in total. The summed E-state index contributed by atoms with van der Waals surface area (Å²) in [6.45, 7) is 5.10. The summed E-state index contributed by atoms with van der Waals surface area (Å²) in [6, 6.07) is 25.5. The molecule has 0 spiro atoms. The van der Waals surface area contributed by atoms with Gasteiger partial charge in [0.25, 0.3) is 0 Å². The molecule has 0 bridgehead atoms. The van der Waals surface area contributed by atoms with Crippen molar-refractivity contribution < 1.29 is 9.53 Å². The Morgan fingerprint density at radius 2 is 1.59 bits per heavy atom. The minimum absolute atomic E-state index is 0.0991. The summed E-state index contributed by atoms with van der Waals surface area (Å²) in [5.74, 6) is 1.37. The van der Waals surface area contributed by atoms with Crippen molar-refractivity contribution in [2.45, 2.75) is 6.92 Å². The largest absolute Gasteiger partial charge is 0.455 e. The highest BCUT2D eigenvalue weighted by Gasteiger charge is 2.22. The average molecular weight is 387 g/mol. The second-order valence-electron chi connectivity index (χ2n) is 7.15. The number of para-hydroxylation sites is 3. The van der Waals surface area contributed by atoms with Crippen LogP contribution in [0.15, 0.2) is 78.9 Å². The molecule has 5 heteroatoms. The molecule has 2 amide bonds. The Hall–Kier alpha value is -3.47. The van der Waals surface area contributed by atoms with Crippen molar-refractivity contribution in [1.82, 2.24) is 4.90 Å². The minimum Gasteiger partial charge on any atom is -0.455 e. The summed E-state index contributed by atoms with van der Waals surface area (Å²) in [5, 5.41) is 3.01. The van der Waals surface area contributed by atoms with Gasteiger partial charge in [-0.3, -0.25) is 0 Å². The number of ether oxygens (including phenoxy) is 1. The van der Waals surface area contributed by atoms with Gasteiger partial charge >= 0.3 is 6.03 Å². The molecule has 1 fully saturated rings. The minimum atomic E-state index is -0.0991. The van der Waals surface area contributed by atoms with E-state index < -0.39 is 0 Å². The Kier molecular flexibility index (Phi) is 5.66. The normalized spacial score (nSPS) is 13.8. The Bertz CT molecular complexity index is 967. The fraction of sp³-hybridized carbons (Fsp3) is 0.208. The van der Waals surface area contributed by atoms with E-state index in [0.717, 1.165) is 18.8 Å². The van der Waals surface area contributed by atoms with E-state index in [4.69, 9.17) is 4.74 Å². The van der Waals surface area contributed by atoms with Crippen LogP contribution in [0.2, 0.25) is 0 Å². The number of amides is 2. The van der Waals surface area contributed by atoms with Crippen LogP contribution in [0.25, 0.3) is 0 Å². The SMILES string of the molecule is Cc1cccc(N2CCN(C(=O)Nc3ccccc3Oc3ccccc3)CC2)c1. The van der Waals surface area contributed by atoms with Crippen molar-refractivity contribution in [3.8, 4) is 11.5 Å². The van der Waals surface area contributed by atoms with Crippen molar-refractivity contribution >= 4 is 17.4 Å². The van der Waals surface area contributed by atoms with E-state index in [1.54, 1.807) is 0 Å². The van der Waals surface area contributed by atoms with Crippen molar-refractivity contribution in [3.05, 3.63) is 84.4 Å². The van der Waals surface area contributed by atoms with E-state index in [2.05, 4.69) is 41.4 Å². The zero-order chi connectivity index (χ0) is 20.1. The van der Waals surface area contributed by atoms with Crippen molar-refractivity contribution in [1.29, 1.82) is 0 Å². The van der Waals surface area contributed by atoms with Crippen LogP contribution in [-0.4, -0.2) is 37.1 Å². The van der Waals surface area contributed by atoms with Crippen LogP contribution < -0.4 is 15.0 Å². The Morgan fingerprint density at radius 3 is 2.34 bits per heavy atom. The first-order valence-corrected chi connectivity index (χ1v) is 9.88. The predicted octanol–water partition coefficient (Wildman–Crippen LogP) is 5.14. The molecule has 0 saturated carbocycles. The first-order valence-electron chi connectivity index (χ1n) is 9.88. The lowest BCUT2D eigenvalue weighted by Crippen LogP contribution is -2.50. The zero-order valence-electron chi connectivity index (χ0n) is 16.5. The summed E-state index contributed by atoms with van der Waals surface area (Å²) in [7, 11) is 0. The van der Waals surface area contributed by atoms with Gasteiger partial charge in [-0.05, 0) is 48.9 Å². The summed E-state index contributed by atoms with van der Waals surface area (Å²) < 4.78 is 5.94. The van der Waals surface area contributed by atoms with E-state index in [-0.39, 0.29) is 6.03 Å². The fourth-order valence-electron chi connectivity index (χ4n) is 3.46. The molecule has 0 unspecified atom stereocenters. The molecule has 0 radical (unpaired) electrons. The first kappa shape index (κ1) is 18.9. The highest BCUT2D eigenvalue weighted by Crippen LogP contribution is 2.29. The van der Waals surface area contributed by atoms with Crippen LogP contribution >= 0.6 is 0 Å². The van der Waals surface area contributed by atoms with Crippen LogP contribution in [0.5, 0.6) is 11.5 Å². The van der Waals surface area contributed by atoms with Crippen molar-refractivity contribution in [3.63, 3.8) is 0 Å². The molecule has 29 heavy (non-hydrogen) atoms. The molecule has 148 valence electrons. The molecule has 1 aliphatic heterocycles. The lowest BCUT2D eigenvalue weighted by molar-refractivity contribution is 0.208. The molecule has 1 aliphatic rings. The molecule has 1 heterocycles. The van der Waals surface area contributed by atoms with E-state index in [0.29, 0.717) is 24.5 Å². The van der Waals surface area contributed by atoms with Gasteiger partial charge in [-0.25, -0.2) is 4.79 Å². The fourth-order valence-corrected chi connectivity index (χ4v) is 3.46. The monoisotopic (exact) mass is 387 g/mol. The standard InChI is InChI=1S/C24H25N3O2/c1-19-8-7-9-20(18-19)26-14-16-27(17-15-26)24(28)25-22-12-5-6-13-23(22)29-21-10-3-2-4-11-21/h2-13,18H,14-17H2,1H3,(H,25,28). The molecule has 3 aromatic carbocycles. The van der Waals surface area contributed by atoms with Gasteiger partial charge in [0.15, 0.2) is 5.75 Å². The molecular formula is C24H25N3O2. The number of piperazine rings is 1. The number of nitrogens with one attached hydrogen (secondary N) is 1. The second kappa shape index (κ2) is 8.69. The smallest absolute Gasteiger partial charge is 0.322 e. The third-order valence-corrected chi connectivity index (χ3v) is 5.03. The number of aryl methyl sites for hydroxylation is 1. The second-order valence-corrected chi connectivity index (χ2v) is 7.15. The van der Waals surface area contributed by atoms with Crippen molar-refractivity contribution in [2.24, 2.45) is 0 Å². The number of hydrogen-bond donors (Lipinski definition) is 1. The zero-order valence-corrected chi connectivity index (χ0v) is 16.5. The number of rotatable bonds is 4. The number of benzene rings is 3. The summed E-state index contributed by atoms with van der Waals surface area (Å²) >= 11 is 0. The maximum Gasteiger partial charge on any atom is 0.322 e. The van der Waals surface area contributed by atoms with E-state index in [1.165, 1.54) is 11.3 Å². The van der Waals surface area contributed by atoms with Gasteiger partial charge in [0.05, 0.1) is 5.69 Å². The molecule has 1 saturated heterocycles. The van der Waals surface area contributed by atoms with Crippen molar-refractivity contribution in [2.75, 3.05) is 36.4 Å². The lowest BCUT2D eigenvalue weighted by Gasteiger charge is -2.36. The Morgan fingerprint density at radius 1 is 0.862 bits per heavy atom. The van der Waals surface area contributed by atoms with Crippen LogP contribution in [0.3, 0.4) is 0 Å². The topological polar surface area (TPSA) is 44.8 Å². The number of nitrogens with zero attached hydrogens (tertiary/aromatic N) is 2. The van der Waals surface area contributed by atoms with E-state index in [9.17, 15) is 4.79 Å². The molecule has 0 aliphatic carbocycles. The van der Waals surface area contributed by atoms with Gasteiger partial charge in [0, 0.05) is 31.9 Å². The number of urea groups is 1. The quantitative estimate of drug-likeness (QED) is 0.674. The molecular weight excluding hydrogens is 362 g/mol. The maximum absolute atomic E-state index is 12.8. The van der Waals surface area contributed by atoms with Crippen LogP contribution in [0.1, 0.15) is 5.56 Å². The summed E-state index contributed by atoms with van der Waals surface area (Å²) in [5.41, 5.74) is 3.13. The Labute approximate surface area is 171 Å². The van der Waals surface area contributed by atoms with Gasteiger partial charge < -0.3 is 19.9 Å². The van der Waals surface area contributed by atoms with Crippen LogP contribution in [0, 0.1) is 6.92 Å². The molecule has 5 nitrogen and oxygen atoms in total. The third-order valence-electron chi connectivity index (χ3n) is 5.03. The van der Waals surface area contributed by atoms with Gasteiger partial charge in [0.1, 0.15) is 5.75 Å². The molecule has 3 aromatic rings. The van der Waals surface area contributed by atoms with Crippen LogP contribution in [-0.2, 0) is 0 Å². The van der Waals surface area contributed by atoms with Gasteiger partial charge in [-0.15, -0.1) is 0 Å². The van der Waals surface area contributed by atoms with E-state index in [1.807, 2.05) is 59.5 Å². The Balaban J connectivity index is 1.38. The molecule has 4 rings (SSSR count). The third kappa shape index (κ3) is 4.69. The first-order chi connectivity index (χ1) is 14.2. The molecule has 0 aromatic heterocycles. The highest BCUT2D eigenvalue weighted by molar-refractivity contribution is 5.91. The van der Waals surface area contributed by atoms with Gasteiger partial charge in [-0.1, -0.05) is 42.5 Å². The van der Waals surface area contributed by atoms with Gasteiger partial charge in [0.2, 0.25) is 0 Å². The predicted molar refractivity (Wildman–Crippen MR) is 117 cm³/mol. The summed E-state index contributed by atoms with van der Waals surface area (Å²) in [6.07, 6.45) is 0. The maximum atomic E-state index is 12.8. The van der Waals surface area contributed by atoms with Gasteiger partial charge in [-0.2, -0.15) is 0 Å². The van der Waals surface area contributed by atoms with Crippen LogP contribution in [0.4, 0.5) is 16.2 Å². The summed E-state index contributed by atoms with van der Waals surface area (Å²) in [4.78, 5) is 17.0. The number of carbonyl (C=O) groups is 1.